The molecule has 1 aliphatic heterocycles. The maximum absolute atomic E-state index is 11.9. The molecule has 7 heteroatoms. The zero-order valence-corrected chi connectivity index (χ0v) is 14.2. The predicted octanol–water partition coefficient (Wildman–Crippen LogP) is 0.914. The molecule has 0 aromatic heterocycles. The topological polar surface area (TPSA) is 53.6 Å². The fraction of sp³-hybridized carbons (Fsp3) is 0.923. The van der Waals surface area contributed by atoms with Crippen LogP contribution in [0.25, 0.3) is 0 Å². The number of ether oxygens (including phenoxy) is 1. The van der Waals surface area contributed by atoms with Crippen molar-refractivity contribution >= 4 is 30.7 Å². The third-order valence-corrected chi connectivity index (χ3v) is 3.35. The van der Waals surface area contributed by atoms with Crippen LogP contribution < -0.4 is 10.6 Å². The van der Waals surface area contributed by atoms with E-state index in [1.807, 2.05) is 0 Å². The van der Waals surface area contributed by atoms with Gasteiger partial charge in [0.2, 0.25) is 5.91 Å². The molecule has 1 saturated heterocycles. The van der Waals surface area contributed by atoms with E-state index in [-0.39, 0.29) is 36.6 Å². The summed E-state index contributed by atoms with van der Waals surface area (Å²) in [6, 6.07) is 0. The number of carbonyl (C=O) groups is 1. The van der Waals surface area contributed by atoms with E-state index in [1.165, 1.54) is 0 Å². The lowest BCUT2D eigenvalue weighted by atomic mass is 9.99. The average Bonchev–Trinajstić information content (AvgIpc) is 2.40. The zero-order valence-electron chi connectivity index (χ0n) is 12.5. The van der Waals surface area contributed by atoms with Crippen molar-refractivity contribution in [3.63, 3.8) is 0 Å². The highest BCUT2D eigenvalue weighted by molar-refractivity contribution is 5.85. The molecule has 1 fully saturated rings. The van der Waals surface area contributed by atoms with E-state index in [0.717, 1.165) is 58.6 Å². The van der Waals surface area contributed by atoms with E-state index >= 15 is 0 Å². The molecule has 1 amide bonds. The minimum absolute atomic E-state index is 0. The molecule has 0 spiro atoms. The number of nitrogens with zero attached hydrogens (tertiary/aromatic N) is 1. The van der Waals surface area contributed by atoms with Gasteiger partial charge in [0.15, 0.2) is 0 Å². The van der Waals surface area contributed by atoms with E-state index < -0.39 is 0 Å². The fourth-order valence-corrected chi connectivity index (χ4v) is 2.18. The second-order valence-corrected chi connectivity index (χ2v) is 4.98. The van der Waals surface area contributed by atoms with Gasteiger partial charge in [0, 0.05) is 39.9 Å². The lowest BCUT2D eigenvalue weighted by Crippen LogP contribution is -2.42. The van der Waals surface area contributed by atoms with Gasteiger partial charge >= 0.3 is 0 Å². The molecular formula is C13H29Cl2N3O2. The Bertz CT molecular complexity index is 240. The molecule has 0 radical (unpaired) electrons. The molecule has 0 saturated carbocycles. The molecule has 0 aliphatic carbocycles. The van der Waals surface area contributed by atoms with E-state index in [0.29, 0.717) is 0 Å². The molecule has 1 heterocycles. The van der Waals surface area contributed by atoms with Gasteiger partial charge in [0.05, 0.1) is 5.92 Å². The fourth-order valence-electron chi connectivity index (χ4n) is 2.18. The zero-order chi connectivity index (χ0) is 13.2. The van der Waals surface area contributed by atoms with Crippen LogP contribution in [-0.2, 0) is 9.53 Å². The van der Waals surface area contributed by atoms with Gasteiger partial charge in [-0.15, -0.1) is 24.8 Å². The third-order valence-electron chi connectivity index (χ3n) is 3.35. The van der Waals surface area contributed by atoms with Crippen LogP contribution >= 0.6 is 24.8 Å². The highest BCUT2D eigenvalue weighted by atomic mass is 35.5. The van der Waals surface area contributed by atoms with Crippen LogP contribution in [0.3, 0.4) is 0 Å². The summed E-state index contributed by atoms with van der Waals surface area (Å²) in [7, 11) is 3.79. The van der Waals surface area contributed by atoms with Crippen LogP contribution in [0, 0.1) is 5.92 Å². The Morgan fingerprint density at radius 3 is 2.75 bits per heavy atom. The Balaban J connectivity index is 0. The van der Waals surface area contributed by atoms with Crippen molar-refractivity contribution in [2.24, 2.45) is 5.92 Å². The monoisotopic (exact) mass is 329 g/mol. The summed E-state index contributed by atoms with van der Waals surface area (Å²) in [6.45, 7) is 5.31. The first-order valence-corrected chi connectivity index (χ1v) is 6.90. The van der Waals surface area contributed by atoms with Crippen molar-refractivity contribution in [2.45, 2.75) is 19.3 Å². The minimum atomic E-state index is 0. The largest absolute Gasteiger partial charge is 0.385 e. The summed E-state index contributed by atoms with van der Waals surface area (Å²) in [5.74, 6) is 0.366. The first-order chi connectivity index (χ1) is 8.74. The molecule has 0 aromatic rings. The minimum Gasteiger partial charge on any atom is -0.385 e. The maximum atomic E-state index is 11.9. The van der Waals surface area contributed by atoms with Gasteiger partial charge < -0.3 is 20.3 Å². The smallest absolute Gasteiger partial charge is 0.224 e. The molecule has 0 aromatic carbocycles. The van der Waals surface area contributed by atoms with E-state index in [1.54, 1.807) is 7.11 Å². The quantitative estimate of drug-likeness (QED) is 0.650. The number of methoxy groups -OCH3 is 1. The van der Waals surface area contributed by atoms with Gasteiger partial charge in [-0.05, 0) is 32.9 Å². The van der Waals surface area contributed by atoms with E-state index in [2.05, 4.69) is 22.6 Å². The highest BCUT2D eigenvalue weighted by Crippen LogP contribution is 2.09. The molecule has 5 nitrogen and oxygen atoms in total. The van der Waals surface area contributed by atoms with Crippen molar-refractivity contribution in [1.82, 2.24) is 15.5 Å². The number of amides is 1. The third kappa shape index (κ3) is 9.77. The number of carbonyl (C=O) groups excluding carboxylic acids is 1. The second kappa shape index (κ2) is 13.9. The normalized spacial score (nSPS) is 18.1. The van der Waals surface area contributed by atoms with Crippen molar-refractivity contribution in [2.75, 3.05) is 53.5 Å². The summed E-state index contributed by atoms with van der Waals surface area (Å²) in [6.07, 6.45) is 3.16. The van der Waals surface area contributed by atoms with E-state index in [9.17, 15) is 4.79 Å². The lowest BCUT2D eigenvalue weighted by molar-refractivity contribution is -0.125. The van der Waals surface area contributed by atoms with Crippen molar-refractivity contribution in [3.8, 4) is 0 Å². The number of hydrogen-bond donors (Lipinski definition) is 2. The molecule has 1 atom stereocenters. The summed E-state index contributed by atoms with van der Waals surface area (Å²) in [5.41, 5.74) is 0. The summed E-state index contributed by atoms with van der Waals surface area (Å²) < 4.78 is 5.01. The first-order valence-electron chi connectivity index (χ1n) is 6.90. The van der Waals surface area contributed by atoms with Crippen LogP contribution in [0.2, 0.25) is 0 Å². The summed E-state index contributed by atoms with van der Waals surface area (Å²) >= 11 is 0. The summed E-state index contributed by atoms with van der Waals surface area (Å²) in [4.78, 5) is 14.1. The van der Waals surface area contributed by atoms with Gasteiger partial charge in [-0.3, -0.25) is 4.79 Å². The van der Waals surface area contributed by atoms with Crippen molar-refractivity contribution in [1.29, 1.82) is 0 Å². The molecule has 1 rings (SSSR count). The van der Waals surface area contributed by atoms with Crippen LogP contribution in [0.15, 0.2) is 0 Å². The second-order valence-electron chi connectivity index (χ2n) is 4.98. The van der Waals surface area contributed by atoms with Crippen LogP contribution in [0.5, 0.6) is 0 Å². The van der Waals surface area contributed by atoms with Crippen LogP contribution in [0.1, 0.15) is 19.3 Å². The Morgan fingerprint density at radius 2 is 2.15 bits per heavy atom. The molecular weight excluding hydrogens is 301 g/mol. The van der Waals surface area contributed by atoms with Gasteiger partial charge in [-0.2, -0.15) is 0 Å². The van der Waals surface area contributed by atoms with Gasteiger partial charge in [-0.25, -0.2) is 0 Å². The van der Waals surface area contributed by atoms with Crippen molar-refractivity contribution in [3.05, 3.63) is 0 Å². The van der Waals surface area contributed by atoms with Gasteiger partial charge in [0.1, 0.15) is 0 Å². The van der Waals surface area contributed by atoms with Crippen LogP contribution in [-0.4, -0.2) is 64.3 Å². The number of likely N-dealkylation sites (N-methyl/N-ethyl adjacent to an activating group) is 1. The number of nitrogens with one attached hydrogen (secondary N) is 2. The lowest BCUT2D eigenvalue weighted by Gasteiger charge is -2.23. The number of hydrogen-bond acceptors (Lipinski definition) is 4. The Morgan fingerprint density at radius 1 is 1.40 bits per heavy atom. The molecule has 122 valence electrons. The first kappa shape index (κ1) is 22.2. The van der Waals surface area contributed by atoms with Crippen LogP contribution in [0.4, 0.5) is 0 Å². The molecule has 20 heavy (non-hydrogen) atoms. The number of halogens is 2. The molecule has 2 N–H and O–H groups in total. The Kier molecular flexibility index (Phi) is 15.4. The molecule has 0 bridgehead atoms. The van der Waals surface area contributed by atoms with Crippen molar-refractivity contribution < 1.29 is 9.53 Å². The molecule has 1 aliphatic rings. The number of rotatable bonds is 8. The van der Waals surface area contributed by atoms with Gasteiger partial charge in [0.25, 0.3) is 0 Å². The molecule has 1 unspecified atom stereocenters. The Hall–Kier alpha value is -0.0700. The summed E-state index contributed by atoms with van der Waals surface area (Å²) in [5, 5.41) is 6.29. The predicted molar refractivity (Wildman–Crippen MR) is 87.1 cm³/mol. The number of piperidine rings is 1. The van der Waals surface area contributed by atoms with Gasteiger partial charge in [-0.1, -0.05) is 0 Å². The Labute approximate surface area is 135 Å². The average molecular weight is 330 g/mol. The maximum Gasteiger partial charge on any atom is 0.224 e. The highest BCUT2D eigenvalue weighted by Gasteiger charge is 2.20. The SMILES string of the molecule is COCCCN(C)CCNC(=O)C1CCCNC1.Cl.Cl. The standard InChI is InChI=1S/C13H27N3O2.2ClH/c1-16(8-4-10-18-2)9-7-15-13(17)12-5-3-6-14-11-12;;/h12,14H,3-11H2,1-2H3,(H,15,17);2*1H. The van der Waals surface area contributed by atoms with E-state index in [4.69, 9.17) is 4.74 Å².